The van der Waals surface area contributed by atoms with Gasteiger partial charge in [0.2, 0.25) is 0 Å². The van der Waals surface area contributed by atoms with E-state index in [0.717, 1.165) is 0 Å². The zero-order valence-electron chi connectivity index (χ0n) is 9.72. The predicted octanol–water partition coefficient (Wildman–Crippen LogP) is 2.28. The Labute approximate surface area is 99.9 Å². The van der Waals surface area contributed by atoms with E-state index >= 15 is 0 Å². The van der Waals surface area contributed by atoms with Crippen molar-refractivity contribution in [3.05, 3.63) is 35.9 Å². The van der Waals surface area contributed by atoms with Gasteiger partial charge in [-0.05, 0) is 12.0 Å². The normalized spacial score (nSPS) is 13.9. The monoisotopic (exact) mass is 236 g/mol. The number of hydrogen-bond donors (Lipinski definition) is 2. The average Bonchev–Trinajstić information content (AvgIpc) is 2.28. The van der Waals surface area contributed by atoms with Gasteiger partial charge >= 0.3 is 11.9 Å². The number of aliphatic carboxylic acids is 2. The average molecular weight is 236 g/mol. The summed E-state index contributed by atoms with van der Waals surface area (Å²) in [7, 11) is 0. The molecule has 1 rings (SSSR count). The third kappa shape index (κ3) is 2.84. The fraction of sp³-hybridized carbons (Fsp3) is 0.385. The fourth-order valence-electron chi connectivity index (χ4n) is 2.08. The van der Waals surface area contributed by atoms with Crippen LogP contribution in [-0.2, 0) is 15.0 Å². The Morgan fingerprint density at radius 2 is 1.76 bits per heavy atom. The SMILES string of the molecule is CCC[C@@](CC(=O)O)(C(=O)O)c1ccccc1. The van der Waals surface area contributed by atoms with Crippen molar-refractivity contribution < 1.29 is 19.8 Å². The summed E-state index contributed by atoms with van der Waals surface area (Å²) in [4.78, 5) is 22.4. The van der Waals surface area contributed by atoms with Gasteiger partial charge in [0.1, 0.15) is 5.41 Å². The first-order chi connectivity index (χ1) is 8.03. The lowest BCUT2D eigenvalue weighted by Crippen LogP contribution is -2.38. The highest BCUT2D eigenvalue weighted by atomic mass is 16.4. The molecule has 0 aliphatic heterocycles. The Morgan fingerprint density at radius 1 is 1.18 bits per heavy atom. The molecule has 4 heteroatoms. The van der Waals surface area contributed by atoms with E-state index in [1.807, 2.05) is 6.92 Å². The van der Waals surface area contributed by atoms with E-state index in [1.54, 1.807) is 30.3 Å². The van der Waals surface area contributed by atoms with Crippen LogP contribution in [0.25, 0.3) is 0 Å². The molecular formula is C13H16O4. The Kier molecular flexibility index (Phi) is 4.26. The minimum absolute atomic E-state index is 0.318. The van der Waals surface area contributed by atoms with Crippen molar-refractivity contribution >= 4 is 11.9 Å². The van der Waals surface area contributed by atoms with Gasteiger partial charge in [-0.1, -0.05) is 43.7 Å². The maximum Gasteiger partial charge on any atom is 0.314 e. The highest BCUT2D eigenvalue weighted by molar-refractivity contribution is 5.87. The zero-order chi connectivity index (χ0) is 12.9. The molecule has 0 aliphatic carbocycles. The van der Waals surface area contributed by atoms with Gasteiger partial charge < -0.3 is 10.2 Å². The summed E-state index contributed by atoms with van der Waals surface area (Å²) in [5.41, 5.74) is -0.765. The lowest BCUT2D eigenvalue weighted by Gasteiger charge is -2.28. The van der Waals surface area contributed by atoms with E-state index in [0.29, 0.717) is 18.4 Å². The number of carboxylic acid groups (broad SMARTS) is 2. The maximum absolute atomic E-state index is 11.5. The summed E-state index contributed by atoms with van der Waals surface area (Å²) in [6.07, 6.45) is 0.549. The van der Waals surface area contributed by atoms with Crippen LogP contribution in [0.1, 0.15) is 31.7 Å². The lowest BCUT2D eigenvalue weighted by molar-refractivity contribution is -0.150. The molecule has 1 aromatic carbocycles. The molecule has 0 bridgehead atoms. The number of hydrogen-bond acceptors (Lipinski definition) is 2. The fourth-order valence-corrected chi connectivity index (χ4v) is 2.08. The third-order valence-electron chi connectivity index (χ3n) is 2.87. The van der Waals surface area contributed by atoms with E-state index in [4.69, 9.17) is 5.11 Å². The molecule has 0 fully saturated rings. The van der Waals surface area contributed by atoms with Gasteiger partial charge in [-0.3, -0.25) is 9.59 Å². The van der Waals surface area contributed by atoms with Gasteiger partial charge in [0, 0.05) is 0 Å². The second kappa shape index (κ2) is 5.48. The highest BCUT2D eigenvalue weighted by Gasteiger charge is 2.41. The van der Waals surface area contributed by atoms with E-state index in [2.05, 4.69) is 0 Å². The van der Waals surface area contributed by atoms with Crippen molar-refractivity contribution in [3.8, 4) is 0 Å². The van der Waals surface area contributed by atoms with Gasteiger partial charge in [0.25, 0.3) is 0 Å². The molecule has 0 radical (unpaired) electrons. The first-order valence-corrected chi connectivity index (χ1v) is 5.53. The molecule has 0 heterocycles. The van der Waals surface area contributed by atoms with E-state index in [-0.39, 0.29) is 6.42 Å². The van der Waals surface area contributed by atoms with Crippen molar-refractivity contribution in [2.75, 3.05) is 0 Å². The summed E-state index contributed by atoms with van der Waals surface area (Å²) in [6.45, 7) is 1.85. The van der Waals surface area contributed by atoms with Crippen LogP contribution in [0.3, 0.4) is 0 Å². The smallest absolute Gasteiger partial charge is 0.314 e. The Morgan fingerprint density at radius 3 is 2.18 bits per heavy atom. The largest absolute Gasteiger partial charge is 0.481 e. The molecule has 1 aromatic rings. The minimum Gasteiger partial charge on any atom is -0.481 e. The zero-order valence-corrected chi connectivity index (χ0v) is 9.72. The molecule has 0 saturated carbocycles. The van der Waals surface area contributed by atoms with Gasteiger partial charge in [-0.25, -0.2) is 0 Å². The summed E-state index contributed by atoms with van der Waals surface area (Å²) in [6, 6.07) is 8.58. The summed E-state index contributed by atoms with van der Waals surface area (Å²) >= 11 is 0. The van der Waals surface area contributed by atoms with Crippen molar-refractivity contribution in [3.63, 3.8) is 0 Å². The Bertz CT molecular complexity index is 399. The molecule has 0 aliphatic rings. The first kappa shape index (κ1) is 13.2. The maximum atomic E-state index is 11.5. The molecule has 4 nitrogen and oxygen atoms in total. The molecule has 0 unspecified atom stereocenters. The molecule has 0 amide bonds. The van der Waals surface area contributed by atoms with E-state index in [9.17, 15) is 14.7 Å². The van der Waals surface area contributed by atoms with Crippen LogP contribution >= 0.6 is 0 Å². The van der Waals surface area contributed by atoms with Crippen molar-refractivity contribution in [1.29, 1.82) is 0 Å². The topological polar surface area (TPSA) is 74.6 Å². The minimum atomic E-state index is -1.32. The predicted molar refractivity (Wildman–Crippen MR) is 62.9 cm³/mol. The van der Waals surface area contributed by atoms with E-state index < -0.39 is 17.4 Å². The number of rotatable bonds is 6. The quantitative estimate of drug-likeness (QED) is 0.794. The van der Waals surface area contributed by atoms with Crippen LogP contribution in [0.2, 0.25) is 0 Å². The van der Waals surface area contributed by atoms with Gasteiger partial charge in [0.05, 0.1) is 6.42 Å². The van der Waals surface area contributed by atoms with Crippen LogP contribution in [0.15, 0.2) is 30.3 Å². The highest BCUT2D eigenvalue weighted by Crippen LogP contribution is 2.33. The Balaban J connectivity index is 3.24. The van der Waals surface area contributed by atoms with Crippen molar-refractivity contribution in [2.24, 2.45) is 0 Å². The van der Waals surface area contributed by atoms with Crippen LogP contribution in [0.5, 0.6) is 0 Å². The molecule has 0 spiro atoms. The van der Waals surface area contributed by atoms with E-state index in [1.165, 1.54) is 0 Å². The molecule has 92 valence electrons. The second-order valence-corrected chi connectivity index (χ2v) is 4.07. The lowest BCUT2D eigenvalue weighted by atomic mass is 9.74. The standard InChI is InChI=1S/C13H16O4/c1-2-8-13(12(16)17,9-11(14)15)10-6-4-3-5-7-10/h3-7H,2,8-9H2,1H3,(H,14,15)(H,16,17)/t13-/m0/s1. The van der Waals surface area contributed by atoms with Crippen LogP contribution in [-0.4, -0.2) is 22.2 Å². The number of carbonyl (C=O) groups is 2. The van der Waals surface area contributed by atoms with Crippen LogP contribution in [0, 0.1) is 0 Å². The molecule has 17 heavy (non-hydrogen) atoms. The van der Waals surface area contributed by atoms with Gasteiger partial charge in [-0.2, -0.15) is 0 Å². The summed E-state index contributed by atoms with van der Waals surface area (Å²) < 4.78 is 0. The molecule has 1 atom stereocenters. The van der Waals surface area contributed by atoms with Crippen LogP contribution < -0.4 is 0 Å². The van der Waals surface area contributed by atoms with Gasteiger partial charge in [-0.15, -0.1) is 0 Å². The third-order valence-corrected chi connectivity index (χ3v) is 2.87. The first-order valence-electron chi connectivity index (χ1n) is 5.53. The molecule has 2 N–H and O–H groups in total. The van der Waals surface area contributed by atoms with Crippen molar-refractivity contribution in [1.82, 2.24) is 0 Å². The summed E-state index contributed by atoms with van der Waals surface area (Å²) in [5, 5.41) is 18.3. The molecular weight excluding hydrogens is 220 g/mol. The van der Waals surface area contributed by atoms with Gasteiger partial charge in [0.15, 0.2) is 0 Å². The van der Waals surface area contributed by atoms with Crippen LogP contribution in [0.4, 0.5) is 0 Å². The number of benzene rings is 1. The number of carboxylic acids is 2. The summed E-state index contributed by atoms with van der Waals surface area (Å²) in [5.74, 6) is -2.17. The van der Waals surface area contributed by atoms with Crippen molar-refractivity contribution in [2.45, 2.75) is 31.6 Å². The Hall–Kier alpha value is -1.84. The molecule has 0 aromatic heterocycles. The molecule has 0 saturated heterocycles. The second-order valence-electron chi connectivity index (χ2n) is 4.07.